The molecule has 19 heavy (non-hydrogen) atoms. The Balaban J connectivity index is 1.67. The van der Waals surface area contributed by atoms with Crippen LogP contribution < -0.4 is 10.6 Å². The van der Waals surface area contributed by atoms with Gasteiger partial charge in [-0.1, -0.05) is 30.3 Å². The Morgan fingerprint density at radius 2 is 2.21 bits per heavy atom. The molecule has 0 spiro atoms. The van der Waals surface area contributed by atoms with E-state index in [1.807, 2.05) is 30.3 Å². The molecule has 1 aliphatic rings. The number of amides is 1. The highest BCUT2D eigenvalue weighted by atomic mass is 16.5. The van der Waals surface area contributed by atoms with Crippen molar-refractivity contribution >= 4 is 6.09 Å². The van der Waals surface area contributed by atoms with Gasteiger partial charge in [0.1, 0.15) is 0 Å². The molecule has 0 radical (unpaired) electrons. The van der Waals surface area contributed by atoms with Crippen LogP contribution in [0.15, 0.2) is 30.3 Å². The minimum atomic E-state index is -0.443. The van der Waals surface area contributed by atoms with Crippen molar-refractivity contribution in [1.29, 1.82) is 0 Å². The Hall–Kier alpha value is -1.59. The molecular formula is C14H20N2O3. The van der Waals surface area contributed by atoms with Gasteiger partial charge in [-0.3, -0.25) is 0 Å². The molecule has 1 fully saturated rings. The van der Waals surface area contributed by atoms with Crippen LogP contribution in [-0.4, -0.2) is 37.0 Å². The predicted octanol–water partition coefficient (Wildman–Crippen LogP) is 0.883. The Labute approximate surface area is 113 Å². The Kier molecular flexibility index (Phi) is 5.18. The smallest absolute Gasteiger partial charge is 0.407 e. The summed E-state index contributed by atoms with van der Waals surface area (Å²) in [6.45, 7) is 2.20. The maximum atomic E-state index is 11.5. The van der Waals surface area contributed by atoms with E-state index in [2.05, 4.69) is 10.6 Å². The highest BCUT2D eigenvalue weighted by Gasteiger charge is 2.23. The molecule has 104 valence electrons. The van der Waals surface area contributed by atoms with Gasteiger partial charge in [0.15, 0.2) is 0 Å². The third-order valence-electron chi connectivity index (χ3n) is 3.28. The van der Waals surface area contributed by atoms with Gasteiger partial charge in [0.25, 0.3) is 0 Å². The summed E-state index contributed by atoms with van der Waals surface area (Å²) in [6.07, 6.45) is -0.121. The molecule has 1 amide bonds. The fraction of sp³-hybridized carbons (Fsp3) is 0.500. The number of hydrogen-bond acceptors (Lipinski definition) is 4. The fourth-order valence-electron chi connectivity index (χ4n) is 2.08. The molecule has 0 unspecified atom stereocenters. The summed E-state index contributed by atoms with van der Waals surface area (Å²) in [5.74, 6) is -0.0174. The lowest BCUT2D eigenvalue weighted by molar-refractivity contribution is 0.0345. The minimum Gasteiger partial charge on any atom is -0.449 e. The maximum Gasteiger partial charge on any atom is 0.407 e. The van der Waals surface area contributed by atoms with Gasteiger partial charge in [-0.15, -0.1) is 0 Å². The van der Waals surface area contributed by atoms with Crippen LogP contribution in [0.2, 0.25) is 0 Å². The van der Waals surface area contributed by atoms with Crippen LogP contribution in [0.25, 0.3) is 0 Å². The number of aliphatic hydroxyl groups excluding tert-OH is 1. The van der Waals surface area contributed by atoms with Gasteiger partial charge in [-0.05, 0) is 18.5 Å². The molecule has 0 saturated carbocycles. The van der Waals surface area contributed by atoms with E-state index in [9.17, 15) is 9.90 Å². The molecule has 1 heterocycles. The van der Waals surface area contributed by atoms with Crippen molar-refractivity contribution in [3.63, 3.8) is 0 Å². The average Bonchev–Trinajstić information content (AvgIpc) is 2.45. The normalized spacial score (nSPS) is 22.8. The molecule has 1 aromatic rings. The number of carbonyl (C=O) groups is 1. The zero-order chi connectivity index (χ0) is 13.5. The molecule has 1 saturated heterocycles. The van der Waals surface area contributed by atoms with E-state index < -0.39 is 6.09 Å². The summed E-state index contributed by atoms with van der Waals surface area (Å²) in [5.41, 5.74) is 1.03. The third kappa shape index (κ3) is 4.54. The Morgan fingerprint density at radius 3 is 2.95 bits per heavy atom. The van der Waals surface area contributed by atoms with Gasteiger partial charge < -0.3 is 20.5 Å². The third-order valence-corrected chi connectivity index (χ3v) is 3.28. The van der Waals surface area contributed by atoms with E-state index in [1.54, 1.807) is 0 Å². The molecule has 5 heteroatoms. The largest absolute Gasteiger partial charge is 0.449 e. The fourth-order valence-corrected chi connectivity index (χ4v) is 2.08. The molecule has 0 aliphatic carbocycles. The first-order valence-electron chi connectivity index (χ1n) is 6.59. The summed E-state index contributed by atoms with van der Waals surface area (Å²) in [5, 5.41) is 15.6. The van der Waals surface area contributed by atoms with Crippen molar-refractivity contribution in [2.75, 3.05) is 19.7 Å². The van der Waals surface area contributed by atoms with Gasteiger partial charge in [-0.25, -0.2) is 4.79 Å². The second kappa shape index (κ2) is 7.11. The molecular weight excluding hydrogens is 244 g/mol. The van der Waals surface area contributed by atoms with E-state index in [0.717, 1.165) is 12.1 Å². The average molecular weight is 264 g/mol. The van der Waals surface area contributed by atoms with Crippen molar-refractivity contribution in [3.05, 3.63) is 35.9 Å². The van der Waals surface area contributed by atoms with E-state index in [-0.39, 0.29) is 18.6 Å². The lowest BCUT2D eigenvalue weighted by Crippen LogP contribution is -2.43. The van der Waals surface area contributed by atoms with E-state index in [0.29, 0.717) is 19.5 Å². The number of ether oxygens (including phenoxy) is 1. The second-order valence-corrected chi connectivity index (χ2v) is 4.76. The highest BCUT2D eigenvalue weighted by Crippen LogP contribution is 2.11. The van der Waals surface area contributed by atoms with Crippen LogP contribution in [0.3, 0.4) is 0 Å². The zero-order valence-corrected chi connectivity index (χ0v) is 10.8. The standard InChI is InChI=1S/C14H20N2O3/c17-13-6-7-15-9-12(13)10-19-14(18)16-8-11-4-2-1-3-5-11/h1-5,12-13,15,17H,6-10H2,(H,16,18)/t12-,13-/m0/s1. The predicted molar refractivity (Wildman–Crippen MR) is 71.6 cm³/mol. The number of carbonyl (C=O) groups excluding carboxylic acids is 1. The number of alkyl carbamates (subject to hydrolysis) is 1. The Bertz CT molecular complexity index is 397. The van der Waals surface area contributed by atoms with E-state index >= 15 is 0 Å². The lowest BCUT2D eigenvalue weighted by Gasteiger charge is -2.27. The van der Waals surface area contributed by atoms with Crippen molar-refractivity contribution < 1.29 is 14.6 Å². The number of piperidine rings is 1. The van der Waals surface area contributed by atoms with Gasteiger partial charge in [0.2, 0.25) is 0 Å². The molecule has 1 aliphatic heterocycles. The zero-order valence-electron chi connectivity index (χ0n) is 10.8. The van der Waals surface area contributed by atoms with E-state index in [1.165, 1.54) is 0 Å². The van der Waals surface area contributed by atoms with E-state index in [4.69, 9.17) is 4.74 Å². The molecule has 2 atom stereocenters. The second-order valence-electron chi connectivity index (χ2n) is 4.76. The van der Waals surface area contributed by atoms with Crippen LogP contribution in [0, 0.1) is 5.92 Å². The Morgan fingerprint density at radius 1 is 1.42 bits per heavy atom. The van der Waals surface area contributed by atoms with Crippen LogP contribution in [0.1, 0.15) is 12.0 Å². The lowest BCUT2D eigenvalue weighted by atomic mass is 9.97. The van der Waals surface area contributed by atoms with Gasteiger partial charge in [-0.2, -0.15) is 0 Å². The van der Waals surface area contributed by atoms with Crippen molar-refractivity contribution in [3.8, 4) is 0 Å². The van der Waals surface area contributed by atoms with Gasteiger partial charge in [0.05, 0.1) is 12.7 Å². The van der Waals surface area contributed by atoms with Gasteiger partial charge in [0, 0.05) is 19.0 Å². The summed E-state index contributed by atoms with van der Waals surface area (Å²) >= 11 is 0. The summed E-state index contributed by atoms with van der Waals surface area (Å²) in [6, 6.07) is 9.66. The van der Waals surface area contributed by atoms with Gasteiger partial charge >= 0.3 is 6.09 Å². The number of nitrogens with one attached hydrogen (secondary N) is 2. The van der Waals surface area contributed by atoms with Crippen LogP contribution >= 0.6 is 0 Å². The molecule has 0 aromatic heterocycles. The topological polar surface area (TPSA) is 70.6 Å². The molecule has 3 N–H and O–H groups in total. The summed E-state index contributed by atoms with van der Waals surface area (Å²) in [7, 11) is 0. The highest BCUT2D eigenvalue weighted by molar-refractivity contribution is 5.67. The van der Waals surface area contributed by atoms with Crippen molar-refractivity contribution in [2.45, 2.75) is 19.1 Å². The number of rotatable bonds is 4. The minimum absolute atomic E-state index is 0.0174. The molecule has 5 nitrogen and oxygen atoms in total. The summed E-state index contributed by atoms with van der Waals surface area (Å²) < 4.78 is 5.12. The monoisotopic (exact) mass is 264 g/mol. The quantitative estimate of drug-likeness (QED) is 0.755. The number of hydrogen-bond donors (Lipinski definition) is 3. The molecule has 0 bridgehead atoms. The summed E-state index contributed by atoms with van der Waals surface area (Å²) in [4.78, 5) is 11.5. The number of benzene rings is 1. The number of aliphatic hydroxyl groups is 1. The maximum absolute atomic E-state index is 11.5. The first-order chi connectivity index (χ1) is 9.25. The van der Waals surface area contributed by atoms with Crippen molar-refractivity contribution in [1.82, 2.24) is 10.6 Å². The van der Waals surface area contributed by atoms with Crippen LogP contribution in [0.4, 0.5) is 4.79 Å². The SMILES string of the molecule is O=C(NCc1ccccc1)OC[C@@H]1CNCC[C@@H]1O. The van der Waals surface area contributed by atoms with Crippen LogP contribution in [0.5, 0.6) is 0 Å². The first-order valence-corrected chi connectivity index (χ1v) is 6.59. The van der Waals surface area contributed by atoms with Crippen molar-refractivity contribution in [2.24, 2.45) is 5.92 Å². The molecule has 1 aromatic carbocycles. The molecule has 2 rings (SSSR count). The van der Waals surface area contributed by atoms with Crippen LogP contribution in [-0.2, 0) is 11.3 Å². The first kappa shape index (κ1) is 13.8.